The molecule has 1 atom stereocenters. The second-order valence-electron chi connectivity index (χ2n) is 7.99. The molecule has 1 N–H and O–H groups in total. The van der Waals surface area contributed by atoms with Crippen LogP contribution in [0.1, 0.15) is 37.8 Å². The van der Waals surface area contributed by atoms with E-state index in [1.807, 2.05) is 38.1 Å². The molecule has 2 aromatic carbocycles. The summed E-state index contributed by atoms with van der Waals surface area (Å²) in [5.74, 6) is 0.245. The van der Waals surface area contributed by atoms with Crippen molar-refractivity contribution in [2.75, 3.05) is 13.1 Å². The zero-order chi connectivity index (χ0) is 21.5. The molecule has 160 valence electrons. The lowest BCUT2D eigenvalue weighted by atomic mass is 9.96. The van der Waals surface area contributed by atoms with Gasteiger partial charge in [0.05, 0.1) is 12.0 Å². The molecule has 1 aliphatic heterocycles. The molecule has 1 saturated heterocycles. The van der Waals surface area contributed by atoms with Gasteiger partial charge in [0, 0.05) is 26.1 Å². The van der Waals surface area contributed by atoms with Crippen molar-refractivity contribution in [1.29, 1.82) is 0 Å². The molecule has 1 aliphatic rings. The van der Waals surface area contributed by atoms with Gasteiger partial charge < -0.3 is 15.0 Å². The summed E-state index contributed by atoms with van der Waals surface area (Å²) >= 11 is 0. The first-order valence-corrected chi connectivity index (χ1v) is 10.5. The lowest BCUT2D eigenvalue weighted by Gasteiger charge is -2.32. The molecule has 2 aromatic rings. The summed E-state index contributed by atoms with van der Waals surface area (Å²) in [4.78, 5) is 26.5. The number of hydrogen-bond donors (Lipinski definition) is 1. The van der Waals surface area contributed by atoms with Crippen LogP contribution < -0.4 is 10.1 Å². The van der Waals surface area contributed by atoms with Crippen LogP contribution in [0.15, 0.2) is 48.5 Å². The van der Waals surface area contributed by atoms with Crippen LogP contribution in [0.5, 0.6) is 5.75 Å². The number of amides is 2. The number of hydrogen-bond acceptors (Lipinski definition) is 3. The lowest BCUT2D eigenvalue weighted by molar-refractivity contribution is -0.138. The topological polar surface area (TPSA) is 58.6 Å². The number of carbonyl (C=O) groups is 2. The molecule has 30 heavy (non-hydrogen) atoms. The van der Waals surface area contributed by atoms with Gasteiger partial charge in [0.25, 0.3) is 0 Å². The fraction of sp³-hybridized carbons (Fsp3) is 0.417. The third-order valence-corrected chi connectivity index (χ3v) is 5.14. The van der Waals surface area contributed by atoms with Gasteiger partial charge in [-0.1, -0.05) is 24.3 Å². The summed E-state index contributed by atoms with van der Waals surface area (Å²) in [6, 6.07) is 14.1. The maximum absolute atomic E-state index is 13.4. The first kappa shape index (κ1) is 21.8. The number of benzene rings is 2. The van der Waals surface area contributed by atoms with Gasteiger partial charge in [-0.2, -0.15) is 0 Å². The van der Waals surface area contributed by atoms with Gasteiger partial charge in [-0.15, -0.1) is 0 Å². The monoisotopic (exact) mass is 412 g/mol. The molecular formula is C24H29FN2O3. The minimum absolute atomic E-state index is 0.00650. The highest BCUT2D eigenvalue weighted by Gasteiger charge is 2.30. The summed E-state index contributed by atoms with van der Waals surface area (Å²) in [5, 5.41) is 2.99. The molecule has 1 fully saturated rings. The van der Waals surface area contributed by atoms with Crippen LogP contribution in [0, 0.1) is 11.7 Å². The highest BCUT2D eigenvalue weighted by Crippen LogP contribution is 2.20. The van der Waals surface area contributed by atoms with Crippen molar-refractivity contribution < 1.29 is 18.7 Å². The maximum atomic E-state index is 13.4. The maximum Gasteiger partial charge on any atom is 0.224 e. The second kappa shape index (κ2) is 10.2. The first-order chi connectivity index (χ1) is 14.4. The van der Waals surface area contributed by atoms with E-state index in [4.69, 9.17) is 4.74 Å². The highest BCUT2D eigenvalue weighted by atomic mass is 19.1. The van der Waals surface area contributed by atoms with E-state index in [-0.39, 0.29) is 29.7 Å². The number of rotatable bonds is 8. The Kier molecular flexibility index (Phi) is 7.44. The number of nitrogens with one attached hydrogen (secondary N) is 1. The van der Waals surface area contributed by atoms with Gasteiger partial charge in [-0.3, -0.25) is 9.59 Å². The molecule has 0 unspecified atom stereocenters. The Morgan fingerprint density at radius 3 is 2.67 bits per heavy atom. The van der Waals surface area contributed by atoms with Crippen molar-refractivity contribution in [3.05, 3.63) is 65.5 Å². The van der Waals surface area contributed by atoms with E-state index in [1.165, 1.54) is 12.1 Å². The fourth-order valence-corrected chi connectivity index (χ4v) is 3.62. The van der Waals surface area contributed by atoms with Gasteiger partial charge in [0.15, 0.2) is 0 Å². The van der Waals surface area contributed by atoms with Gasteiger partial charge >= 0.3 is 0 Å². The summed E-state index contributed by atoms with van der Waals surface area (Å²) in [7, 11) is 0. The van der Waals surface area contributed by atoms with Gasteiger partial charge in [-0.05, 0) is 62.1 Å². The Bertz CT molecular complexity index is 867. The minimum atomic E-state index is -0.324. The van der Waals surface area contributed by atoms with Crippen molar-refractivity contribution in [2.24, 2.45) is 5.92 Å². The zero-order valence-corrected chi connectivity index (χ0v) is 17.6. The van der Waals surface area contributed by atoms with Gasteiger partial charge in [0.2, 0.25) is 11.8 Å². The first-order valence-electron chi connectivity index (χ1n) is 10.5. The largest absolute Gasteiger partial charge is 0.491 e. The quantitative estimate of drug-likeness (QED) is 0.719. The molecule has 0 aliphatic carbocycles. The molecule has 0 bridgehead atoms. The van der Waals surface area contributed by atoms with Crippen molar-refractivity contribution in [3.63, 3.8) is 0 Å². The number of likely N-dealkylation sites (tertiary alicyclic amines) is 1. The predicted molar refractivity (Wildman–Crippen MR) is 113 cm³/mol. The summed E-state index contributed by atoms with van der Waals surface area (Å²) in [5.41, 5.74) is 1.85. The van der Waals surface area contributed by atoms with Crippen LogP contribution in [0.3, 0.4) is 0 Å². The fourth-order valence-electron chi connectivity index (χ4n) is 3.62. The number of carbonyl (C=O) groups excluding carboxylic acids is 2. The molecule has 1 heterocycles. The van der Waals surface area contributed by atoms with Gasteiger partial charge in [0.1, 0.15) is 11.6 Å². The highest BCUT2D eigenvalue weighted by molar-refractivity contribution is 5.83. The lowest BCUT2D eigenvalue weighted by Crippen LogP contribution is -2.45. The normalized spacial score (nSPS) is 16.6. The average molecular weight is 413 g/mol. The van der Waals surface area contributed by atoms with Crippen LogP contribution in [0.2, 0.25) is 0 Å². The molecule has 0 spiro atoms. The number of ether oxygens (including phenoxy) is 1. The standard InChI is InChI=1S/C24H29FN2O3/c1-17(2)30-22-9-6-18(7-10-22)12-13-26-24(29)20-8-11-23(28)27(16-20)15-19-4-3-5-21(25)14-19/h3-7,9-10,14,17,20H,8,11-13,15-16H2,1-2H3,(H,26,29)/t20-/m1/s1. The predicted octanol–water partition coefficient (Wildman–Crippen LogP) is 3.71. The zero-order valence-electron chi connectivity index (χ0n) is 17.6. The van der Waals surface area contributed by atoms with Crippen molar-refractivity contribution in [1.82, 2.24) is 10.2 Å². The van der Waals surface area contributed by atoms with Crippen LogP contribution in [-0.4, -0.2) is 35.9 Å². The Hall–Kier alpha value is -2.89. The third-order valence-electron chi connectivity index (χ3n) is 5.14. The van der Waals surface area contributed by atoms with Crippen molar-refractivity contribution in [3.8, 4) is 5.75 Å². The van der Waals surface area contributed by atoms with E-state index in [1.54, 1.807) is 17.0 Å². The Morgan fingerprint density at radius 1 is 1.20 bits per heavy atom. The smallest absolute Gasteiger partial charge is 0.224 e. The number of nitrogens with zero attached hydrogens (tertiary/aromatic N) is 1. The average Bonchev–Trinajstić information content (AvgIpc) is 2.70. The van der Waals surface area contributed by atoms with E-state index < -0.39 is 0 Å². The molecule has 0 aromatic heterocycles. The summed E-state index contributed by atoms with van der Waals surface area (Å²) in [6.07, 6.45) is 1.75. The SMILES string of the molecule is CC(C)Oc1ccc(CCNC(=O)[C@@H]2CCC(=O)N(Cc3cccc(F)c3)C2)cc1. The van der Waals surface area contributed by atoms with Crippen LogP contribution in [-0.2, 0) is 22.6 Å². The Morgan fingerprint density at radius 2 is 1.97 bits per heavy atom. The van der Waals surface area contributed by atoms with Crippen LogP contribution in [0.25, 0.3) is 0 Å². The number of piperidine rings is 1. The molecule has 6 heteroatoms. The van der Waals surface area contributed by atoms with E-state index in [9.17, 15) is 14.0 Å². The second-order valence-corrected chi connectivity index (χ2v) is 7.99. The Labute approximate surface area is 177 Å². The van der Waals surface area contributed by atoms with Crippen molar-refractivity contribution in [2.45, 2.75) is 45.8 Å². The molecule has 0 radical (unpaired) electrons. The molecule has 3 rings (SSSR count). The van der Waals surface area contributed by atoms with E-state index >= 15 is 0 Å². The summed E-state index contributed by atoms with van der Waals surface area (Å²) in [6.45, 7) is 5.20. The number of halogens is 1. The van der Waals surface area contributed by atoms with E-state index in [2.05, 4.69) is 5.32 Å². The van der Waals surface area contributed by atoms with Crippen molar-refractivity contribution >= 4 is 11.8 Å². The van der Waals surface area contributed by atoms with E-state index in [0.717, 1.165) is 23.3 Å². The molecule has 0 saturated carbocycles. The van der Waals surface area contributed by atoms with Crippen LogP contribution in [0.4, 0.5) is 4.39 Å². The van der Waals surface area contributed by atoms with Gasteiger partial charge in [-0.25, -0.2) is 4.39 Å². The van der Waals surface area contributed by atoms with E-state index in [0.29, 0.717) is 32.5 Å². The molecular weight excluding hydrogens is 383 g/mol. The minimum Gasteiger partial charge on any atom is -0.491 e. The van der Waals surface area contributed by atoms with Crippen LogP contribution >= 0.6 is 0 Å². The third kappa shape index (κ3) is 6.31. The summed E-state index contributed by atoms with van der Waals surface area (Å²) < 4.78 is 19.0. The molecule has 5 nitrogen and oxygen atoms in total. The Balaban J connectivity index is 1.47. The molecule has 2 amide bonds.